The van der Waals surface area contributed by atoms with Crippen molar-refractivity contribution >= 4 is 17.6 Å². The largest absolute Gasteiger partial charge is 0.497 e. The highest BCUT2D eigenvalue weighted by atomic mass is 16.6. The van der Waals surface area contributed by atoms with E-state index in [4.69, 9.17) is 18.9 Å². The van der Waals surface area contributed by atoms with Crippen LogP contribution in [-0.4, -0.2) is 69.3 Å². The monoisotopic (exact) mass is 468 g/mol. The van der Waals surface area contributed by atoms with E-state index >= 15 is 0 Å². The van der Waals surface area contributed by atoms with Crippen LogP contribution in [0.15, 0.2) is 29.8 Å². The fraction of sp³-hybridized carbons (Fsp3) is 0.615. The van der Waals surface area contributed by atoms with E-state index in [1.807, 2.05) is 19.1 Å². The Morgan fingerprint density at radius 2 is 2.09 bits per heavy atom. The SMILES string of the molecule is C/C=C1/CN2[C@@H]3C[C@@]45c6cc(OC)ccc6N(C)[C@]4(O3)[C@@H]2C[C@@H]1[C@@]5(COC(=O)CC)C(=O)OC. The minimum absolute atomic E-state index is 0.0383. The Bertz CT molecular complexity index is 1120. The van der Waals surface area contributed by atoms with Crippen molar-refractivity contribution in [3.63, 3.8) is 0 Å². The molecular weight excluding hydrogens is 436 g/mol. The van der Waals surface area contributed by atoms with Crippen LogP contribution in [-0.2, 0) is 29.2 Å². The van der Waals surface area contributed by atoms with Crippen LogP contribution in [0.5, 0.6) is 5.75 Å². The van der Waals surface area contributed by atoms with Crippen molar-refractivity contribution in [1.29, 1.82) is 0 Å². The summed E-state index contributed by atoms with van der Waals surface area (Å²) in [7, 11) is 5.15. The van der Waals surface area contributed by atoms with Gasteiger partial charge in [-0.1, -0.05) is 18.6 Å². The van der Waals surface area contributed by atoms with Crippen molar-refractivity contribution in [2.24, 2.45) is 11.3 Å². The first-order chi connectivity index (χ1) is 16.4. The Kier molecular flexibility index (Phi) is 4.50. The van der Waals surface area contributed by atoms with Gasteiger partial charge in [-0.3, -0.25) is 14.5 Å². The molecular formula is C26H32N2O6. The fourth-order valence-electron chi connectivity index (χ4n) is 8.21. The summed E-state index contributed by atoms with van der Waals surface area (Å²) in [5.41, 5.74) is 0.569. The molecule has 0 N–H and O–H groups in total. The van der Waals surface area contributed by atoms with Gasteiger partial charge in [0.05, 0.1) is 25.7 Å². The summed E-state index contributed by atoms with van der Waals surface area (Å²) < 4.78 is 24.0. The van der Waals surface area contributed by atoms with Crippen LogP contribution in [0.25, 0.3) is 0 Å². The Morgan fingerprint density at radius 3 is 2.76 bits per heavy atom. The highest BCUT2D eigenvalue weighted by Gasteiger charge is 2.88. The third kappa shape index (κ3) is 2.10. The van der Waals surface area contributed by atoms with Crippen molar-refractivity contribution in [3.05, 3.63) is 35.4 Å². The maximum absolute atomic E-state index is 14.1. The average molecular weight is 469 g/mol. The number of allylic oxidation sites excluding steroid dienone is 1. The van der Waals surface area contributed by atoms with E-state index in [-0.39, 0.29) is 43.2 Å². The molecule has 1 spiro atoms. The van der Waals surface area contributed by atoms with E-state index in [9.17, 15) is 9.59 Å². The number of piperidine rings is 2. The van der Waals surface area contributed by atoms with E-state index in [2.05, 4.69) is 29.0 Å². The summed E-state index contributed by atoms with van der Waals surface area (Å²) in [6.07, 6.45) is 3.60. The van der Waals surface area contributed by atoms with E-state index in [0.29, 0.717) is 6.42 Å². The molecule has 34 heavy (non-hydrogen) atoms. The zero-order valence-electron chi connectivity index (χ0n) is 20.4. The summed E-state index contributed by atoms with van der Waals surface area (Å²) in [5.74, 6) is -0.0643. The highest BCUT2D eigenvalue weighted by Crippen LogP contribution is 2.77. The molecule has 3 saturated heterocycles. The van der Waals surface area contributed by atoms with Crippen LogP contribution in [0.3, 0.4) is 0 Å². The second kappa shape index (κ2) is 6.98. The standard InChI is InChI=1S/C26H32N2O6/c1-6-15-13-28-20-11-17(15)24(23(30)32-5,14-33-22(29)7-2)25-12-21(28)34-26(20,25)27(3)19-9-8-16(31-4)10-18(19)25/h6,8-10,17,20-21H,7,11-14H2,1-5H3/b15-6-/t17-,20-,21-,24-,25-,26-/m0/s1. The van der Waals surface area contributed by atoms with Gasteiger partial charge >= 0.3 is 11.9 Å². The smallest absolute Gasteiger partial charge is 0.317 e. The summed E-state index contributed by atoms with van der Waals surface area (Å²) in [6.45, 7) is 4.49. The number of anilines is 1. The number of esters is 2. The lowest BCUT2D eigenvalue weighted by Gasteiger charge is -2.65. The highest BCUT2D eigenvalue weighted by molar-refractivity contribution is 5.86. The maximum atomic E-state index is 14.1. The lowest BCUT2D eigenvalue weighted by Crippen LogP contribution is -2.80. The first-order valence-corrected chi connectivity index (χ1v) is 12.1. The van der Waals surface area contributed by atoms with Gasteiger partial charge in [-0.05, 0) is 37.1 Å². The number of hydrogen-bond acceptors (Lipinski definition) is 8. The molecule has 1 aliphatic carbocycles. The number of hydrogen-bond donors (Lipinski definition) is 0. The molecule has 0 unspecified atom stereocenters. The van der Waals surface area contributed by atoms with Crippen molar-refractivity contribution in [1.82, 2.24) is 4.90 Å². The number of nitrogens with zero attached hydrogens (tertiary/aromatic N) is 2. The molecule has 1 aromatic carbocycles. The topological polar surface area (TPSA) is 77.5 Å². The summed E-state index contributed by atoms with van der Waals surface area (Å²) in [6, 6.07) is 6.16. The van der Waals surface area contributed by atoms with Crippen molar-refractivity contribution in [2.75, 3.05) is 39.3 Å². The fourth-order valence-corrected chi connectivity index (χ4v) is 8.21. The van der Waals surface area contributed by atoms with Gasteiger partial charge in [-0.2, -0.15) is 0 Å². The number of rotatable bonds is 5. The molecule has 182 valence electrons. The van der Waals surface area contributed by atoms with Crippen LogP contribution >= 0.6 is 0 Å². The van der Waals surface area contributed by atoms with Crippen molar-refractivity contribution < 1.29 is 28.5 Å². The second-order valence-electron chi connectivity index (χ2n) is 10.1. The van der Waals surface area contributed by atoms with Gasteiger partial charge in [-0.15, -0.1) is 0 Å². The molecule has 0 radical (unpaired) electrons. The third-order valence-corrected chi connectivity index (χ3v) is 9.45. The predicted molar refractivity (Wildman–Crippen MR) is 123 cm³/mol. The molecule has 1 saturated carbocycles. The number of ether oxygens (including phenoxy) is 4. The third-order valence-electron chi connectivity index (χ3n) is 9.45. The Hall–Kier alpha value is -2.58. The second-order valence-corrected chi connectivity index (χ2v) is 10.1. The molecule has 4 heterocycles. The van der Waals surface area contributed by atoms with Crippen LogP contribution in [0.2, 0.25) is 0 Å². The molecule has 0 amide bonds. The Labute approximate surface area is 199 Å². The molecule has 6 atom stereocenters. The van der Waals surface area contributed by atoms with Gasteiger partial charge in [0.15, 0.2) is 5.72 Å². The number of likely N-dealkylation sites (N-methyl/N-ethyl adjacent to an activating group) is 1. The maximum Gasteiger partial charge on any atom is 0.317 e. The molecule has 0 aromatic heterocycles. The zero-order chi connectivity index (χ0) is 24.0. The van der Waals surface area contributed by atoms with Crippen LogP contribution in [0.1, 0.15) is 38.7 Å². The van der Waals surface area contributed by atoms with Crippen molar-refractivity contribution in [3.8, 4) is 5.75 Å². The molecule has 6 rings (SSSR count). The molecule has 8 nitrogen and oxygen atoms in total. The zero-order valence-corrected chi connectivity index (χ0v) is 20.4. The van der Waals surface area contributed by atoms with Gasteiger partial charge in [0.25, 0.3) is 0 Å². The van der Waals surface area contributed by atoms with E-state index in [0.717, 1.165) is 30.0 Å². The van der Waals surface area contributed by atoms with Crippen molar-refractivity contribution in [2.45, 2.75) is 56.5 Å². The lowest BCUT2D eigenvalue weighted by atomic mass is 9.42. The number of fused-ring (bicyclic) bond motifs is 4. The average Bonchev–Trinajstić information content (AvgIpc) is 3.47. The molecule has 8 heteroatoms. The van der Waals surface area contributed by atoms with E-state index in [1.54, 1.807) is 14.0 Å². The first-order valence-electron chi connectivity index (χ1n) is 12.1. The van der Waals surface area contributed by atoms with Gasteiger partial charge in [0, 0.05) is 38.0 Å². The number of carbonyl (C=O) groups is 2. The Balaban J connectivity index is 1.69. The van der Waals surface area contributed by atoms with Crippen LogP contribution in [0.4, 0.5) is 5.69 Å². The molecule has 4 aliphatic heterocycles. The summed E-state index contributed by atoms with van der Waals surface area (Å²) in [4.78, 5) is 31.3. The predicted octanol–water partition coefficient (Wildman–Crippen LogP) is 2.60. The number of carbonyl (C=O) groups excluding carboxylic acids is 2. The van der Waals surface area contributed by atoms with E-state index < -0.39 is 16.6 Å². The first kappa shape index (κ1) is 21.9. The van der Waals surface area contributed by atoms with Crippen LogP contribution in [0, 0.1) is 11.3 Å². The molecule has 4 fully saturated rings. The summed E-state index contributed by atoms with van der Waals surface area (Å²) >= 11 is 0. The quantitative estimate of drug-likeness (QED) is 0.482. The minimum atomic E-state index is -1.13. The van der Waals surface area contributed by atoms with Crippen LogP contribution < -0.4 is 9.64 Å². The summed E-state index contributed by atoms with van der Waals surface area (Å²) in [5, 5.41) is 0. The van der Waals surface area contributed by atoms with E-state index in [1.165, 1.54) is 12.7 Å². The minimum Gasteiger partial charge on any atom is -0.497 e. The molecule has 4 bridgehead atoms. The Morgan fingerprint density at radius 1 is 1.29 bits per heavy atom. The normalized spacial score (nSPS) is 39.9. The molecule has 1 aromatic rings. The number of methoxy groups -OCH3 is 2. The van der Waals surface area contributed by atoms with Gasteiger partial charge in [0.1, 0.15) is 24.0 Å². The number of benzene rings is 1. The van der Waals surface area contributed by atoms with Gasteiger partial charge in [0.2, 0.25) is 0 Å². The molecule has 5 aliphatic rings. The lowest BCUT2D eigenvalue weighted by molar-refractivity contribution is -0.199. The van der Waals surface area contributed by atoms with Gasteiger partial charge in [-0.25, -0.2) is 0 Å². The van der Waals surface area contributed by atoms with Gasteiger partial charge < -0.3 is 23.8 Å².